The highest BCUT2D eigenvalue weighted by Gasteiger charge is 2.47. The fourth-order valence-corrected chi connectivity index (χ4v) is 3.09. The first-order valence-corrected chi connectivity index (χ1v) is 7.08. The predicted octanol–water partition coefficient (Wildman–Crippen LogP) is 0.127. The first-order chi connectivity index (χ1) is 10.0. The highest BCUT2D eigenvalue weighted by molar-refractivity contribution is 5.92. The Bertz CT molecular complexity index is 584. The fraction of sp³-hybridized carbons (Fsp3) is 0.467. The summed E-state index contributed by atoms with van der Waals surface area (Å²) in [6.07, 6.45) is 0.482. The molecule has 5 nitrogen and oxygen atoms in total. The van der Waals surface area contributed by atoms with E-state index in [0.29, 0.717) is 13.0 Å². The van der Waals surface area contributed by atoms with Crippen LogP contribution in [0.25, 0.3) is 0 Å². The molecule has 0 bridgehead atoms. The second-order valence-corrected chi connectivity index (χ2v) is 5.72. The number of primary amides is 1. The van der Waals surface area contributed by atoms with E-state index in [4.69, 9.17) is 5.73 Å². The molecule has 1 aromatic carbocycles. The van der Waals surface area contributed by atoms with E-state index < -0.39 is 23.5 Å². The molecule has 1 fully saturated rings. The summed E-state index contributed by atoms with van der Waals surface area (Å²) in [7, 11) is 0. The van der Waals surface area contributed by atoms with Crippen LogP contribution >= 0.6 is 0 Å². The molecule has 112 valence electrons. The van der Waals surface area contributed by atoms with Crippen LogP contribution in [0.4, 0.5) is 4.39 Å². The minimum absolute atomic E-state index is 0.00450. The van der Waals surface area contributed by atoms with Crippen LogP contribution in [-0.4, -0.2) is 41.5 Å². The van der Waals surface area contributed by atoms with Gasteiger partial charge in [0, 0.05) is 25.9 Å². The first-order valence-electron chi connectivity index (χ1n) is 7.08. The molecule has 3 N–H and O–H groups in total. The lowest BCUT2D eigenvalue weighted by molar-refractivity contribution is -0.150. The molecule has 2 aliphatic heterocycles. The number of rotatable bonds is 2. The molecule has 0 saturated carbocycles. The van der Waals surface area contributed by atoms with Gasteiger partial charge in [0.25, 0.3) is 5.91 Å². The van der Waals surface area contributed by atoms with Crippen molar-refractivity contribution in [1.29, 1.82) is 0 Å². The van der Waals surface area contributed by atoms with Gasteiger partial charge in [-0.3, -0.25) is 9.59 Å². The Hall–Kier alpha value is -1.95. The number of nitrogens with one attached hydrogen (secondary N) is 1. The summed E-state index contributed by atoms with van der Waals surface area (Å²) in [6, 6.07) is 6.78. The molecule has 2 heterocycles. The zero-order valence-corrected chi connectivity index (χ0v) is 11.6. The Balaban J connectivity index is 1.92. The lowest BCUT2D eigenvalue weighted by Crippen LogP contribution is -2.57. The van der Waals surface area contributed by atoms with E-state index in [1.54, 1.807) is 0 Å². The van der Waals surface area contributed by atoms with E-state index in [0.717, 1.165) is 11.1 Å². The van der Waals surface area contributed by atoms with Crippen LogP contribution in [0.5, 0.6) is 0 Å². The Morgan fingerprint density at radius 1 is 1.33 bits per heavy atom. The number of nitrogens with two attached hydrogens (primary N) is 1. The standard InChI is InChI=1S/C15H18FN3O2/c16-15(5-6-18-9-15)14(21)19-8-11-4-2-1-3-10(11)7-12(19)13(17)20/h1-4,12,18H,5-9H2,(H2,17,20)/t12-,15+/m1/s1. The maximum Gasteiger partial charge on any atom is 0.262 e. The number of carbonyl (C=O) groups excluding carboxylic acids is 2. The number of hydrogen-bond donors (Lipinski definition) is 2. The number of fused-ring (bicyclic) bond motifs is 1. The Labute approximate surface area is 122 Å². The van der Waals surface area contributed by atoms with Crippen molar-refractivity contribution in [1.82, 2.24) is 10.2 Å². The van der Waals surface area contributed by atoms with Crippen molar-refractivity contribution in [3.8, 4) is 0 Å². The quantitative estimate of drug-likeness (QED) is 0.813. The topological polar surface area (TPSA) is 75.4 Å². The minimum atomic E-state index is -1.93. The highest BCUT2D eigenvalue weighted by atomic mass is 19.1. The molecule has 21 heavy (non-hydrogen) atoms. The summed E-state index contributed by atoms with van der Waals surface area (Å²) in [4.78, 5) is 25.5. The van der Waals surface area contributed by atoms with Gasteiger partial charge in [-0.1, -0.05) is 24.3 Å². The zero-order valence-electron chi connectivity index (χ0n) is 11.6. The number of halogens is 1. The van der Waals surface area contributed by atoms with Gasteiger partial charge in [-0.2, -0.15) is 0 Å². The van der Waals surface area contributed by atoms with Gasteiger partial charge in [-0.25, -0.2) is 4.39 Å². The maximum atomic E-state index is 14.7. The average Bonchev–Trinajstić information content (AvgIpc) is 2.93. The number of amides is 2. The number of hydrogen-bond acceptors (Lipinski definition) is 3. The number of nitrogens with zero attached hydrogens (tertiary/aromatic N) is 1. The second-order valence-electron chi connectivity index (χ2n) is 5.72. The first kappa shape index (κ1) is 14.0. The van der Waals surface area contributed by atoms with Crippen LogP contribution in [0.3, 0.4) is 0 Å². The summed E-state index contributed by atoms with van der Waals surface area (Å²) in [5, 5.41) is 2.86. The van der Waals surface area contributed by atoms with Crippen molar-refractivity contribution in [2.75, 3.05) is 13.1 Å². The molecule has 0 unspecified atom stereocenters. The summed E-state index contributed by atoms with van der Waals surface area (Å²) < 4.78 is 14.7. The van der Waals surface area contributed by atoms with Gasteiger partial charge in [0.05, 0.1) is 0 Å². The van der Waals surface area contributed by atoms with E-state index >= 15 is 0 Å². The molecule has 0 radical (unpaired) electrons. The van der Waals surface area contributed by atoms with Gasteiger partial charge < -0.3 is 16.0 Å². The summed E-state index contributed by atoms with van der Waals surface area (Å²) in [5.74, 6) is -1.22. The molecular formula is C15H18FN3O2. The molecule has 2 atom stereocenters. The average molecular weight is 291 g/mol. The van der Waals surface area contributed by atoms with E-state index in [9.17, 15) is 14.0 Å². The maximum absolute atomic E-state index is 14.7. The van der Waals surface area contributed by atoms with Crippen LogP contribution in [0.15, 0.2) is 24.3 Å². The van der Waals surface area contributed by atoms with Crippen molar-refractivity contribution < 1.29 is 14.0 Å². The van der Waals surface area contributed by atoms with Crippen LogP contribution < -0.4 is 11.1 Å². The normalized spacial score (nSPS) is 28.2. The van der Waals surface area contributed by atoms with Gasteiger partial charge in [0.2, 0.25) is 11.6 Å². The van der Waals surface area contributed by atoms with Crippen LogP contribution in [0.2, 0.25) is 0 Å². The van der Waals surface area contributed by atoms with Crippen LogP contribution in [-0.2, 0) is 22.6 Å². The summed E-state index contributed by atoms with van der Waals surface area (Å²) in [5.41, 5.74) is 5.42. The smallest absolute Gasteiger partial charge is 0.262 e. The Morgan fingerprint density at radius 2 is 2.05 bits per heavy atom. The lowest BCUT2D eigenvalue weighted by Gasteiger charge is -2.37. The summed E-state index contributed by atoms with van der Waals surface area (Å²) >= 11 is 0. The SMILES string of the molecule is NC(=O)[C@H]1Cc2ccccc2CN1C(=O)[C@]1(F)CCNC1. The van der Waals surface area contributed by atoms with Crippen molar-refractivity contribution >= 4 is 11.8 Å². The van der Waals surface area contributed by atoms with Crippen molar-refractivity contribution in [3.63, 3.8) is 0 Å². The lowest BCUT2D eigenvalue weighted by atomic mass is 9.91. The molecule has 6 heteroatoms. The zero-order chi connectivity index (χ0) is 15.0. The second kappa shape index (κ2) is 5.11. The minimum Gasteiger partial charge on any atom is -0.368 e. The largest absolute Gasteiger partial charge is 0.368 e. The molecular weight excluding hydrogens is 273 g/mol. The molecule has 0 aliphatic carbocycles. The number of benzene rings is 1. The van der Waals surface area contributed by atoms with Gasteiger partial charge >= 0.3 is 0 Å². The molecule has 3 rings (SSSR count). The van der Waals surface area contributed by atoms with Gasteiger partial charge in [-0.15, -0.1) is 0 Å². The van der Waals surface area contributed by atoms with E-state index in [-0.39, 0.29) is 19.5 Å². The third-order valence-corrected chi connectivity index (χ3v) is 4.32. The van der Waals surface area contributed by atoms with Gasteiger partial charge in [-0.05, 0) is 17.7 Å². The van der Waals surface area contributed by atoms with Crippen LogP contribution in [0, 0.1) is 0 Å². The third kappa shape index (κ3) is 2.40. The third-order valence-electron chi connectivity index (χ3n) is 4.32. The molecule has 1 saturated heterocycles. The number of carbonyl (C=O) groups is 2. The van der Waals surface area contributed by atoms with Gasteiger partial charge in [0.1, 0.15) is 6.04 Å². The molecule has 1 aromatic rings. The molecule has 2 aliphatic rings. The molecule has 0 aromatic heterocycles. The van der Waals surface area contributed by atoms with Gasteiger partial charge in [0.15, 0.2) is 0 Å². The van der Waals surface area contributed by atoms with Crippen molar-refractivity contribution in [2.45, 2.75) is 31.1 Å². The summed E-state index contributed by atoms with van der Waals surface area (Å²) in [6.45, 7) is 0.692. The highest BCUT2D eigenvalue weighted by Crippen LogP contribution is 2.29. The number of alkyl halides is 1. The van der Waals surface area contributed by atoms with E-state index in [2.05, 4.69) is 5.32 Å². The van der Waals surface area contributed by atoms with E-state index in [1.165, 1.54) is 4.90 Å². The molecule has 0 spiro atoms. The van der Waals surface area contributed by atoms with Crippen molar-refractivity contribution in [3.05, 3.63) is 35.4 Å². The van der Waals surface area contributed by atoms with E-state index in [1.807, 2.05) is 24.3 Å². The fourth-order valence-electron chi connectivity index (χ4n) is 3.09. The predicted molar refractivity (Wildman–Crippen MR) is 75.0 cm³/mol. The molecule has 2 amide bonds. The van der Waals surface area contributed by atoms with Crippen molar-refractivity contribution in [2.24, 2.45) is 5.73 Å². The Morgan fingerprint density at radius 3 is 2.67 bits per heavy atom. The van der Waals surface area contributed by atoms with Crippen LogP contribution in [0.1, 0.15) is 17.5 Å². The Kier molecular flexibility index (Phi) is 3.41. The monoisotopic (exact) mass is 291 g/mol.